The number of rotatable bonds is 4. The molecule has 1 aliphatic heterocycles. The summed E-state index contributed by atoms with van der Waals surface area (Å²) in [6, 6.07) is 0.0998. The zero-order valence-electron chi connectivity index (χ0n) is 8.98. The van der Waals surface area contributed by atoms with Gasteiger partial charge in [0.05, 0.1) is 0 Å². The van der Waals surface area contributed by atoms with Gasteiger partial charge in [0.1, 0.15) is 6.10 Å². The molecule has 0 saturated carbocycles. The van der Waals surface area contributed by atoms with Crippen LogP contribution in [0.15, 0.2) is 4.52 Å². The molecule has 1 aromatic heterocycles. The van der Waals surface area contributed by atoms with Crippen LogP contribution in [0.3, 0.4) is 0 Å². The highest BCUT2D eigenvalue weighted by molar-refractivity contribution is 4.94. The molecule has 1 saturated heterocycles. The van der Waals surface area contributed by atoms with Crippen molar-refractivity contribution in [2.75, 3.05) is 6.61 Å². The summed E-state index contributed by atoms with van der Waals surface area (Å²) in [5.74, 6) is 1.29. The predicted molar refractivity (Wildman–Crippen MR) is 54.2 cm³/mol. The van der Waals surface area contributed by atoms with Gasteiger partial charge in [0, 0.05) is 19.1 Å². The van der Waals surface area contributed by atoms with E-state index in [0.717, 1.165) is 25.9 Å². The van der Waals surface area contributed by atoms with Crippen LogP contribution in [0.1, 0.15) is 44.0 Å². The van der Waals surface area contributed by atoms with Gasteiger partial charge in [-0.25, -0.2) is 0 Å². The molecular weight excluding hydrogens is 194 g/mol. The normalized spacial score (nSPS) is 23.2. The fraction of sp³-hybridized carbons (Fsp3) is 0.800. The lowest BCUT2D eigenvalue weighted by atomic mass is 10.2. The molecule has 2 N–H and O–H groups in total. The Morgan fingerprint density at radius 3 is 3.13 bits per heavy atom. The highest BCUT2D eigenvalue weighted by atomic mass is 16.5. The van der Waals surface area contributed by atoms with E-state index in [2.05, 4.69) is 10.1 Å². The molecule has 2 heterocycles. The Morgan fingerprint density at radius 2 is 2.47 bits per heavy atom. The van der Waals surface area contributed by atoms with Crippen molar-refractivity contribution in [2.45, 2.75) is 44.8 Å². The van der Waals surface area contributed by atoms with E-state index in [1.54, 1.807) is 0 Å². The Kier molecular flexibility index (Phi) is 3.33. The number of aromatic nitrogens is 2. The van der Waals surface area contributed by atoms with Gasteiger partial charge >= 0.3 is 0 Å². The molecule has 0 amide bonds. The first-order valence-electron chi connectivity index (χ1n) is 5.49. The number of nitrogens with zero attached hydrogens (tertiary/aromatic N) is 2. The van der Waals surface area contributed by atoms with Gasteiger partial charge in [0.2, 0.25) is 11.7 Å². The second kappa shape index (κ2) is 4.72. The van der Waals surface area contributed by atoms with Crippen molar-refractivity contribution in [3.05, 3.63) is 11.7 Å². The third-order valence-corrected chi connectivity index (χ3v) is 2.66. The van der Waals surface area contributed by atoms with Crippen molar-refractivity contribution >= 4 is 0 Å². The van der Waals surface area contributed by atoms with Crippen molar-refractivity contribution in [2.24, 2.45) is 5.73 Å². The molecule has 84 valence electrons. The molecule has 1 aromatic rings. The van der Waals surface area contributed by atoms with E-state index < -0.39 is 0 Å². The zero-order valence-corrected chi connectivity index (χ0v) is 8.98. The van der Waals surface area contributed by atoms with E-state index in [1.807, 2.05) is 6.92 Å². The minimum atomic E-state index is 0.0281. The maximum absolute atomic E-state index is 5.81. The van der Waals surface area contributed by atoms with Crippen LogP contribution in [-0.4, -0.2) is 22.8 Å². The van der Waals surface area contributed by atoms with E-state index in [0.29, 0.717) is 18.1 Å². The fourth-order valence-corrected chi connectivity index (χ4v) is 1.63. The molecule has 0 aromatic carbocycles. The lowest BCUT2D eigenvalue weighted by Crippen LogP contribution is -2.21. The maximum atomic E-state index is 5.81. The van der Waals surface area contributed by atoms with Gasteiger partial charge in [0.15, 0.2) is 0 Å². The number of hydrogen-bond acceptors (Lipinski definition) is 5. The van der Waals surface area contributed by atoms with Crippen LogP contribution in [0, 0.1) is 0 Å². The Balaban J connectivity index is 1.97. The van der Waals surface area contributed by atoms with Crippen molar-refractivity contribution in [3.63, 3.8) is 0 Å². The molecule has 1 fully saturated rings. The first-order valence-corrected chi connectivity index (χ1v) is 5.49. The Labute approximate surface area is 89.0 Å². The molecule has 2 rings (SSSR count). The molecule has 15 heavy (non-hydrogen) atoms. The van der Waals surface area contributed by atoms with Gasteiger partial charge in [-0.1, -0.05) is 12.1 Å². The van der Waals surface area contributed by atoms with Gasteiger partial charge < -0.3 is 15.0 Å². The van der Waals surface area contributed by atoms with Gasteiger partial charge in [-0.15, -0.1) is 0 Å². The standard InChI is InChI=1S/C10H17N3O2/c1-2-7(11)6-9-12-10(13-15-9)8-4-3-5-14-8/h7-8H,2-6,11H2,1H3. The smallest absolute Gasteiger partial charge is 0.228 e. The van der Waals surface area contributed by atoms with Crippen molar-refractivity contribution in [1.29, 1.82) is 0 Å². The maximum Gasteiger partial charge on any atom is 0.228 e. The third-order valence-electron chi connectivity index (χ3n) is 2.66. The highest BCUT2D eigenvalue weighted by Crippen LogP contribution is 2.26. The molecule has 0 spiro atoms. The molecule has 5 nitrogen and oxygen atoms in total. The van der Waals surface area contributed by atoms with E-state index in [1.165, 1.54) is 0 Å². The first kappa shape index (κ1) is 10.6. The van der Waals surface area contributed by atoms with Crippen LogP contribution < -0.4 is 5.73 Å². The summed E-state index contributed by atoms with van der Waals surface area (Å²) >= 11 is 0. The van der Waals surface area contributed by atoms with Crippen molar-refractivity contribution in [1.82, 2.24) is 10.1 Å². The fourth-order valence-electron chi connectivity index (χ4n) is 1.63. The SMILES string of the molecule is CCC(N)Cc1nc(C2CCCO2)no1. The first-order chi connectivity index (χ1) is 7.29. The molecule has 1 aliphatic rings. The Hall–Kier alpha value is -0.940. The van der Waals surface area contributed by atoms with Gasteiger partial charge in [0.25, 0.3) is 0 Å². The summed E-state index contributed by atoms with van der Waals surface area (Å²) in [4.78, 5) is 4.30. The monoisotopic (exact) mass is 211 g/mol. The minimum Gasteiger partial charge on any atom is -0.370 e. The zero-order chi connectivity index (χ0) is 10.7. The lowest BCUT2D eigenvalue weighted by Gasteiger charge is -2.03. The summed E-state index contributed by atoms with van der Waals surface area (Å²) in [5, 5.41) is 3.92. The van der Waals surface area contributed by atoms with Gasteiger partial charge in [-0.3, -0.25) is 0 Å². The highest BCUT2D eigenvalue weighted by Gasteiger charge is 2.23. The van der Waals surface area contributed by atoms with Crippen LogP contribution >= 0.6 is 0 Å². The Bertz CT molecular complexity index is 307. The average molecular weight is 211 g/mol. The molecular formula is C10H17N3O2. The Morgan fingerprint density at radius 1 is 1.60 bits per heavy atom. The topological polar surface area (TPSA) is 74.2 Å². The summed E-state index contributed by atoms with van der Waals surface area (Å²) in [5.41, 5.74) is 5.81. The summed E-state index contributed by atoms with van der Waals surface area (Å²) in [7, 11) is 0. The third kappa shape index (κ3) is 2.54. The number of nitrogens with two attached hydrogens (primary N) is 1. The van der Waals surface area contributed by atoms with Crippen LogP contribution in [0.5, 0.6) is 0 Å². The van der Waals surface area contributed by atoms with E-state index in [9.17, 15) is 0 Å². The van der Waals surface area contributed by atoms with Crippen LogP contribution in [0.25, 0.3) is 0 Å². The van der Waals surface area contributed by atoms with Gasteiger partial charge in [-0.2, -0.15) is 4.98 Å². The second-order valence-electron chi connectivity index (χ2n) is 3.92. The van der Waals surface area contributed by atoms with Gasteiger partial charge in [-0.05, 0) is 19.3 Å². The summed E-state index contributed by atoms with van der Waals surface area (Å²) < 4.78 is 10.6. The molecule has 2 unspecified atom stereocenters. The molecule has 0 aliphatic carbocycles. The predicted octanol–water partition coefficient (Wildman–Crippen LogP) is 1.20. The quantitative estimate of drug-likeness (QED) is 0.810. The molecule has 0 radical (unpaired) electrons. The molecule has 2 atom stereocenters. The molecule has 0 bridgehead atoms. The van der Waals surface area contributed by atoms with E-state index in [-0.39, 0.29) is 12.1 Å². The largest absolute Gasteiger partial charge is 0.370 e. The van der Waals surface area contributed by atoms with Crippen molar-refractivity contribution in [3.8, 4) is 0 Å². The van der Waals surface area contributed by atoms with Crippen LogP contribution in [0.2, 0.25) is 0 Å². The summed E-state index contributed by atoms with van der Waals surface area (Å²) in [6.45, 7) is 2.84. The van der Waals surface area contributed by atoms with Crippen LogP contribution in [-0.2, 0) is 11.2 Å². The lowest BCUT2D eigenvalue weighted by molar-refractivity contribution is 0.103. The average Bonchev–Trinajstić information content (AvgIpc) is 2.85. The van der Waals surface area contributed by atoms with E-state index in [4.69, 9.17) is 15.0 Å². The number of hydrogen-bond donors (Lipinski definition) is 1. The minimum absolute atomic E-state index is 0.0281. The summed E-state index contributed by atoms with van der Waals surface area (Å²) in [6.07, 6.45) is 3.65. The number of ether oxygens (including phenoxy) is 1. The van der Waals surface area contributed by atoms with Crippen molar-refractivity contribution < 1.29 is 9.26 Å². The second-order valence-corrected chi connectivity index (χ2v) is 3.92. The van der Waals surface area contributed by atoms with E-state index >= 15 is 0 Å². The molecule has 5 heteroatoms. The van der Waals surface area contributed by atoms with Crippen LogP contribution in [0.4, 0.5) is 0 Å².